The quantitative estimate of drug-likeness (QED) is 0.631. The minimum Gasteiger partial charge on any atom is -0.493 e. The van der Waals surface area contributed by atoms with Gasteiger partial charge in [0.1, 0.15) is 12.3 Å². The first-order chi connectivity index (χ1) is 12.6. The number of ether oxygens (including phenoxy) is 2. The maximum absolute atomic E-state index is 13.0. The number of ketones is 1. The molecule has 1 saturated heterocycles. The van der Waals surface area contributed by atoms with Gasteiger partial charge in [0.15, 0.2) is 17.9 Å². The van der Waals surface area contributed by atoms with Gasteiger partial charge in [-0.05, 0) is 6.07 Å². The average Bonchev–Trinajstić information content (AvgIpc) is 2.84. The Morgan fingerprint density at radius 2 is 1.96 bits per heavy atom. The molecule has 1 spiro atoms. The fourth-order valence-corrected chi connectivity index (χ4v) is 3.05. The molecule has 0 unspecified atom stereocenters. The van der Waals surface area contributed by atoms with Crippen LogP contribution in [0.15, 0.2) is 24.3 Å². The lowest BCUT2D eigenvalue weighted by atomic mass is 9.84. The Bertz CT molecular complexity index is 813. The second-order valence-electron chi connectivity index (χ2n) is 7.66. The number of amides is 3. The highest BCUT2D eigenvalue weighted by Gasteiger charge is 2.55. The summed E-state index contributed by atoms with van der Waals surface area (Å²) in [5.41, 5.74) is -1.32. The molecule has 1 N–H and O–H groups in total. The van der Waals surface area contributed by atoms with E-state index in [0.29, 0.717) is 11.3 Å². The largest absolute Gasteiger partial charge is 0.493 e. The Hall–Kier alpha value is -2.90. The Labute approximate surface area is 156 Å². The molecule has 1 fully saturated rings. The monoisotopic (exact) mass is 374 g/mol. The molecule has 0 aromatic heterocycles. The summed E-state index contributed by atoms with van der Waals surface area (Å²) in [4.78, 5) is 50.1. The first kappa shape index (κ1) is 18.9. The molecular formula is C19H22N2O6. The third-order valence-electron chi connectivity index (χ3n) is 4.75. The van der Waals surface area contributed by atoms with E-state index in [9.17, 15) is 19.2 Å². The lowest BCUT2D eigenvalue weighted by Gasteiger charge is -2.33. The van der Waals surface area contributed by atoms with Gasteiger partial charge in [-0.25, -0.2) is 4.79 Å². The second-order valence-corrected chi connectivity index (χ2v) is 7.66. The summed E-state index contributed by atoms with van der Waals surface area (Å²) in [7, 11) is 0. The zero-order valence-corrected chi connectivity index (χ0v) is 15.5. The Kier molecular flexibility index (Phi) is 4.67. The standard InChI is InChI=1S/C19H22N2O6/c1-18(2,3)14(22)11-27-15(23)10-21-16(24)19(20-17(21)25)8-9-26-13-7-5-4-6-12(13)19/h4-7H,8-11H2,1-3H3,(H,20,25)/t19-/m1/s1. The fourth-order valence-electron chi connectivity index (χ4n) is 3.05. The highest BCUT2D eigenvalue weighted by atomic mass is 16.5. The van der Waals surface area contributed by atoms with Crippen molar-refractivity contribution < 1.29 is 28.7 Å². The average molecular weight is 374 g/mol. The number of fused-ring (bicyclic) bond motifs is 2. The molecular weight excluding hydrogens is 352 g/mol. The van der Waals surface area contributed by atoms with Crippen LogP contribution in [-0.2, 0) is 24.7 Å². The zero-order chi connectivity index (χ0) is 19.8. The first-order valence-electron chi connectivity index (χ1n) is 8.70. The highest BCUT2D eigenvalue weighted by Crippen LogP contribution is 2.40. The molecule has 0 bridgehead atoms. The van der Waals surface area contributed by atoms with Crippen molar-refractivity contribution in [1.29, 1.82) is 0 Å². The molecule has 3 amide bonds. The minimum atomic E-state index is -1.24. The number of esters is 1. The van der Waals surface area contributed by atoms with Crippen molar-refractivity contribution in [3.63, 3.8) is 0 Å². The van der Waals surface area contributed by atoms with Crippen LogP contribution in [0.4, 0.5) is 4.79 Å². The maximum Gasteiger partial charge on any atom is 0.326 e. The molecule has 27 heavy (non-hydrogen) atoms. The molecule has 1 aromatic carbocycles. The first-order valence-corrected chi connectivity index (χ1v) is 8.70. The van der Waals surface area contributed by atoms with E-state index in [0.717, 1.165) is 4.90 Å². The summed E-state index contributed by atoms with van der Waals surface area (Å²) >= 11 is 0. The summed E-state index contributed by atoms with van der Waals surface area (Å²) in [5, 5.41) is 2.70. The van der Waals surface area contributed by atoms with Gasteiger partial charge >= 0.3 is 12.0 Å². The molecule has 2 heterocycles. The third kappa shape index (κ3) is 3.39. The van der Waals surface area contributed by atoms with Crippen LogP contribution in [-0.4, -0.2) is 48.3 Å². The van der Waals surface area contributed by atoms with Gasteiger partial charge in [0.25, 0.3) is 5.91 Å². The summed E-state index contributed by atoms with van der Waals surface area (Å²) < 4.78 is 10.5. The van der Waals surface area contributed by atoms with Crippen molar-refractivity contribution in [2.75, 3.05) is 19.8 Å². The number of carbonyl (C=O) groups excluding carboxylic acids is 4. The maximum atomic E-state index is 13.0. The van der Waals surface area contributed by atoms with E-state index in [4.69, 9.17) is 9.47 Å². The number of imide groups is 1. The molecule has 2 aliphatic rings. The number of Topliss-reactive ketones (excluding diaryl/α,β-unsaturated/α-hetero) is 1. The number of nitrogens with zero attached hydrogens (tertiary/aromatic N) is 1. The minimum absolute atomic E-state index is 0.247. The number of benzene rings is 1. The molecule has 2 aliphatic heterocycles. The number of rotatable bonds is 4. The van der Waals surface area contributed by atoms with Gasteiger partial charge in [0.05, 0.1) is 6.61 Å². The van der Waals surface area contributed by atoms with Crippen molar-refractivity contribution in [2.45, 2.75) is 32.7 Å². The summed E-state index contributed by atoms with van der Waals surface area (Å²) in [6.07, 6.45) is 0.267. The lowest BCUT2D eigenvalue weighted by Crippen LogP contribution is -2.47. The normalized spacial score (nSPS) is 21.5. The van der Waals surface area contributed by atoms with Gasteiger partial charge in [-0.15, -0.1) is 0 Å². The van der Waals surface area contributed by atoms with Crippen molar-refractivity contribution >= 4 is 23.7 Å². The molecule has 0 radical (unpaired) electrons. The smallest absolute Gasteiger partial charge is 0.326 e. The topological polar surface area (TPSA) is 102 Å². The van der Waals surface area contributed by atoms with E-state index in [1.807, 2.05) is 0 Å². The Morgan fingerprint density at radius 3 is 2.67 bits per heavy atom. The van der Waals surface area contributed by atoms with Gasteiger partial charge in [-0.1, -0.05) is 39.0 Å². The third-order valence-corrected chi connectivity index (χ3v) is 4.75. The number of hydrogen-bond acceptors (Lipinski definition) is 6. The van der Waals surface area contributed by atoms with Crippen molar-refractivity contribution in [2.24, 2.45) is 5.41 Å². The zero-order valence-electron chi connectivity index (χ0n) is 15.5. The van der Waals surface area contributed by atoms with Gasteiger partial charge in [0, 0.05) is 17.4 Å². The van der Waals surface area contributed by atoms with E-state index < -0.39 is 42.0 Å². The molecule has 144 valence electrons. The lowest BCUT2D eigenvalue weighted by molar-refractivity contribution is -0.152. The van der Waals surface area contributed by atoms with Crippen LogP contribution in [0.1, 0.15) is 32.8 Å². The van der Waals surface area contributed by atoms with Crippen LogP contribution in [0.3, 0.4) is 0 Å². The van der Waals surface area contributed by atoms with E-state index in [1.165, 1.54) is 0 Å². The summed E-state index contributed by atoms with van der Waals surface area (Å²) in [5.74, 6) is -1.06. The van der Waals surface area contributed by atoms with E-state index in [2.05, 4.69) is 5.32 Å². The van der Waals surface area contributed by atoms with Gasteiger partial charge in [-0.2, -0.15) is 0 Å². The second kappa shape index (κ2) is 6.68. The van der Waals surface area contributed by atoms with Crippen LogP contribution in [0.25, 0.3) is 0 Å². The summed E-state index contributed by atoms with van der Waals surface area (Å²) in [6, 6.07) is 6.31. The van der Waals surface area contributed by atoms with Gasteiger partial charge in [-0.3, -0.25) is 19.3 Å². The van der Waals surface area contributed by atoms with Crippen LogP contribution >= 0.6 is 0 Å². The van der Waals surface area contributed by atoms with Crippen molar-refractivity contribution in [1.82, 2.24) is 10.2 Å². The number of carbonyl (C=O) groups is 4. The Morgan fingerprint density at radius 1 is 1.26 bits per heavy atom. The van der Waals surface area contributed by atoms with Gasteiger partial charge in [0.2, 0.25) is 0 Å². The number of nitrogens with one attached hydrogen (secondary N) is 1. The predicted molar refractivity (Wildman–Crippen MR) is 93.9 cm³/mol. The van der Waals surface area contributed by atoms with E-state index in [1.54, 1.807) is 45.0 Å². The summed E-state index contributed by atoms with van der Waals surface area (Å²) in [6.45, 7) is 4.47. The van der Waals surface area contributed by atoms with Crippen LogP contribution in [0.5, 0.6) is 5.75 Å². The molecule has 1 atom stereocenters. The SMILES string of the molecule is CC(C)(C)C(=O)COC(=O)CN1C(=O)N[C@@]2(CCOc3ccccc32)C1=O. The predicted octanol–water partition coefficient (Wildman–Crippen LogP) is 1.37. The molecule has 8 nitrogen and oxygen atoms in total. The molecule has 3 rings (SSSR count). The van der Waals surface area contributed by atoms with Crippen molar-refractivity contribution in [3.8, 4) is 5.75 Å². The Balaban J connectivity index is 1.73. The van der Waals surface area contributed by atoms with Crippen LogP contribution in [0.2, 0.25) is 0 Å². The van der Waals surface area contributed by atoms with E-state index >= 15 is 0 Å². The van der Waals surface area contributed by atoms with Crippen LogP contribution in [0, 0.1) is 5.41 Å². The highest BCUT2D eigenvalue weighted by molar-refractivity contribution is 6.09. The molecule has 0 aliphatic carbocycles. The van der Waals surface area contributed by atoms with Gasteiger partial charge < -0.3 is 14.8 Å². The molecule has 1 aromatic rings. The molecule has 8 heteroatoms. The molecule has 0 saturated carbocycles. The number of urea groups is 1. The van der Waals surface area contributed by atoms with Crippen LogP contribution < -0.4 is 10.1 Å². The number of hydrogen-bond donors (Lipinski definition) is 1. The number of para-hydroxylation sites is 1. The van der Waals surface area contributed by atoms with Crippen molar-refractivity contribution in [3.05, 3.63) is 29.8 Å². The van der Waals surface area contributed by atoms with E-state index in [-0.39, 0.29) is 18.8 Å². The fraction of sp³-hybridized carbons (Fsp3) is 0.474.